The molecule has 1 unspecified atom stereocenters. The summed E-state index contributed by atoms with van der Waals surface area (Å²) in [6.07, 6.45) is 56.1. The molecule has 470 valence electrons. The molecule has 0 fully saturated rings. The van der Waals surface area contributed by atoms with Gasteiger partial charge in [-0.2, -0.15) is 0 Å². The van der Waals surface area contributed by atoms with Crippen LogP contribution in [0.3, 0.4) is 0 Å². The van der Waals surface area contributed by atoms with Gasteiger partial charge in [0.15, 0.2) is 0 Å². The first-order valence-electron chi connectivity index (χ1n) is 35.4. The second-order valence-electron chi connectivity index (χ2n) is 24.6. The fourth-order valence-corrected chi connectivity index (χ4v) is 11.5. The van der Waals surface area contributed by atoms with Crippen molar-refractivity contribution in [3.63, 3.8) is 0 Å². The minimum atomic E-state index is -0.392. The molecular formula is C70H134N4O6. The van der Waals surface area contributed by atoms with E-state index in [9.17, 15) is 19.2 Å². The van der Waals surface area contributed by atoms with E-state index in [1.807, 2.05) is 0 Å². The summed E-state index contributed by atoms with van der Waals surface area (Å²) in [5, 5.41) is 6.76. The van der Waals surface area contributed by atoms with Crippen LogP contribution in [0, 0.1) is 0 Å². The molecule has 0 spiro atoms. The largest absolute Gasteiger partial charge is 0.462 e. The predicted octanol–water partition coefficient (Wildman–Crippen LogP) is 19.4. The van der Waals surface area contributed by atoms with Gasteiger partial charge in [-0.05, 0) is 123 Å². The predicted molar refractivity (Wildman–Crippen MR) is 347 cm³/mol. The van der Waals surface area contributed by atoms with E-state index in [0.717, 1.165) is 161 Å². The standard InChI is InChI=1S/C70H134N4O6/c1-7-13-18-23-30-39-50-63(49-12-6)79-65(75)53-42-33-28-37-44-57-73(58-45-38-29-34-43-54-66(76)80-64(51-40-31-24-19-14-8-2)52-41-32-25-20-15-9-3)61-48-55-71-67-68(70(78)69(67)77)72-56-62-74(59-46-35-26-21-16-10-4)60-47-36-27-22-17-11-5/h63-64,71-72H,7-62H2,1-6H3. The van der Waals surface area contributed by atoms with Crippen molar-refractivity contribution in [3.8, 4) is 0 Å². The van der Waals surface area contributed by atoms with Gasteiger partial charge in [-0.25, -0.2) is 0 Å². The average molecular weight is 1130 g/mol. The Labute approximate surface area is 495 Å². The molecule has 0 saturated heterocycles. The Morgan fingerprint density at radius 2 is 0.588 bits per heavy atom. The van der Waals surface area contributed by atoms with Crippen molar-refractivity contribution in [1.29, 1.82) is 0 Å². The molecule has 0 aliphatic heterocycles. The Kier molecular flexibility index (Phi) is 53.8. The van der Waals surface area contributed by atoms with Gasteiger partial charge in [0.1, 0.15) is 23.6 Å². The lowest BCUT2D eigenvalue weighted by Crippen LogP contribution is -2.39. The summed E-state index contributed by atoms with van der Waals surface area (Å²) in [4.78, 5) is 56.7. The van der Waals surface area contributed by atoms with Crippen LogP contribution in [0.4, 0.5) is 11.4 Å². The quantitative estimate of drug-likeness (QED) is 0.0371. The Hall–Kier alpha value is -2.46. The van der Waals surface area contributed by atoms with Gasteiger partial charge in [0.05, 0.1) is 0 Å². The van der Waals surface area contributed by atoms with Crippen LogP contribution < -0.4 is 21.5 Å². The maximum Gasteiger partial charge on any atom is 0.306 e. The van der Waals surface area contributed by atoms with E-state index >= 15 is 0 Å². The molecule has 0 radical (unpaired) electrons. The zero-order valence-electron chi connectivity index (χ0n) is 54.1. The number of anilines is 2. The molecule has 10 nitrogen and oxygen atoms in total. The number of nitrogens with zero attached hydrogens (tertiary/aromatic N) is 2. The van der Waals surface area contributed by atoms with Gasteiger partial charge in [0.25, 0.3) is 10.9 Å². The lowest BCUT2D eigenvalue weighted by atomic mass is 10.0. The first kappa shape index (κ1) is 75.6. The minimum Gasteiger partial charge on any atom is -0.462 e. The lowest BCUT2D eigenvalue weighted by Gasteiger charge is -2.24. The fraction of sp³-hybridized carbons (Fsp3) is 0.914. The van der Waals surface area contributed by atoms with Gasteiger partial charge in [0.2, 0.25) is 0 Å². The maximum atomic E-state index is 13.1. The van der Waals surface area contributed by atoms with E-state index in [4.69, 9.17) is 9.47 Å². The Morgan fingerprint density at radius 3 is 0.938 bits per heavy atom. The van der Waals surface area contributed by atoms with Crippen LogP contribution in [-0.4, -0.2) is 86.3 Å². The van der Waals surface area contributed by atoms with Crippen LogP contribution in [-0.2, 0) is 19.1 Å². The number of hydrogen-bond acceptors (Lipinski definition) is 10. The highest BCUT2D eigenvalue weighted by Crippen LogP contribution is 2.21. The SMILES string of the molecule is CCCCCCCCC(CCC)OC(=O)CCCCCCCN(CCCCCCCC(=O)OC(CCCCCCCC)CCCCCCCC)CCCNc1c(NCCN(CCCCCCCC)CCCCCCCC)c(=O)c1=O. The smallest absolute Gasteiger partial charge is 0.306 e. The first-order valence-corrected chi connectivity index (χ1v) is 35.4. The third-order valence-corrected chi connectivity index (χ3v) is 16.8. The zero-order valence-corrected chi connectivity index (χ0v) is 54.1. The number of esters is 2. The average Bonchev–Trinajstić information content (AvgIpc) is 3.47. The molecule has 0 aromatic heterocycles. The minimum absolute atomic E-state index is 0.00183. The number of nitrogens with one attached hydrogen (secondary N) is 2. The van der Waals surface area contributed by atoms with Crippen LogP contribution in [0.2, 0.25) is 0 Å². The molecule has 0 heterocycles. The van der Waals surface area contributed by atoms with Crippen LogP contribution >= 0.6 is 0 Å². The summed E-state index contributed by atoms with van der Waals surface area (Å²) >= 11 is 0. The number of rotatable bonds is 64. The highest BCUT2D eigenvalue weighted by molar-refractivity contribution is 5.74. The van der Waals surface area contributed by atoms with Gasteiger partial charge in [-0.1, -0.05) is 247 Å². The maximum absolute atomic E-state index is 13.1. The Bertz CT molecular complexity index is 1550. The molecule has 1 rings (SSSR count). The molecular weight excluding hydrogens is 993 g/mol. The van der Waals surface area contributed by atoms with Crippen molar-refractivity contribution in [1.82, 2.24) is 9.80 Å². The number of carbonyl (C=O) groups excluding carboxylic acids is 2. The molecule has 2 N–H and O–H groups in total. The normalized spacial score (nSPS) is 12.2. The van der Waals surface area contributed by atoms with E-state index < -0.39 is 5.43 Å². The van der Waals surface area contributed by atoms with Crippen LogP contribution in [0.1, 0.15) is 350 Å². The van der Waals surface area contributed by atoms with Crippen LogP contribution in [0.5, 0.6) is 0 Å². The van der Waals surface area contributed by atoms with Gasteiger partial charge >= 0.3 is 11.9 Å². The summed E-state index contributed by atoms with van der Waals surface area (Å²) < 4.78 is 12.1. The van der Waals surface area contributed by atoms with Crippen molar-refractivity contribution < 1.29 is 19.1 Å². The van der Waals surface area contributed by atoms with Crippen LogP contribution in [0.25, 0.3) is 0 Å². The van der Waals surface area contributed by atoms with Crippen molar-refractivity contribution in [2.24, 2.45) is 0 Å². The fourth-order valence-electron chi connectivity index (χ4n) is 11.5. The number of carbonyl (C=O) groups is 2. The summed E-state index contributed by atoms with van der Waals surface area (Å²) in [7, 11) is 0. The molecule has 0 saturated carbocycles. The highest BCUT2D eigenvalue weighted by atomic mass is 16.5. The summed E-state index contributed by atoms with van der Waals surface area (Å²) in [6.45, 7) is 20.9. The summed E-state index contributed by atoms with van der Waals surface area (Å²) in [6, 6.07) is 0. The van der Waals surface area contributed by atoms with E-state index in [2.05, 4.69) is 62.0 Å². The summed E-state index contributed by atoms with van der Waals surface area (Å²) in [5.74, 6) is -0.0155. The molecule has 80 heavy (non-hydrogen) atoms. The molecule has 1 atom stereocenters. The third-order valence-electron chi connectivity index (χ3n) is 16.8. The monoisotopic (exact) mass is 1130 g/mol. The third kappa shape index (κ3) is 44.1. The van der Waals surface area contributed by atoms with Crippen LogP contribution in [0.15, 0.2) is 9.59 Å². The van der Waals surface area contributed by atoms with Crippen molar-refractivity contribution >= 4 is 23.3 Å². The van der Waals surface area contributed by atoms with Crippen molar-refractivity contribution in [3.05, 3.63) is 20.4 Å². The van der Waals surface area contributed by atoms with E-state index in [1.165, 1.54) is 173 Å². The second-order valence-corrected chi connectivity index (χ2v) is 24.6. The van der Waals surface area contributed by atoms with Gasteiger partial charge in [-0.15, -0.1) is 0 Å². The highest BCUT2D eigenvalue weighted by Gasteiger charge is 2.21. The van der Waals surface area contributed by atoms with E-state index in [-0.39, 0.29) is 29.6 Å². The molecule has 0 aliphatic carbocycles. The lowest BCUT2D eigenvalue weighted by molar-refractivity contribution is -0.151. The van der Waals surface area contributed by atoms with Gasteiger partial charge in [0, 0.05) is 32.5 Å². The molecule has 0 amide bonds. The van der Waals surface area contributed by atoms with E-state index in [0.29, 0.717) is 37.3 Å². The first-order chi connectivity index (χ1) is 39.2. The Morgan fingerprint density at radius 1 is 0.312 bits per heavy atom. The molecule has 0 bridgehead atoms. The molecule has 0 aliphatic rings. The van der Waals surface area contributed by atoms with Gasteiger partial charge in [-0.3, -0.25) is 19.2 Å². The van der Waals surface area contributed by atoms with Crippen molar-refractivity contribution in [2.45, 2.75) is 362 Å². The van der Waals surface area contributed by atoms with E-state index in [1.54, 1.807) is 0 Å². The second kappa shape index (κ2) is 57.0. The van der Waals surface area contributed by atoms with Crippen molar-refractivity contribution in [2.75, 3.05) is 63.0 Å². The van der Waals surface area contributed by atoms with Gasteiger partial charge < -0.3 is 29.9 Å². The molecule has 1 aromatic carbocycles. The topological polar surface area (TPSA) is 117 Å². The number of unbranched alkanes of at least 4 members (excludes halogenated alkanes) is 33. The number of ether oxygens (including phenoxy) is 2. The summed E-state index contributed by atoms with van der Waals surface area (Å²) in [5.41, 5.74) is 0.166. The zero-order chi connectivity index (χ0) is 58.2. The Balaban J connectivity index is 2.72. The molecule has 10 heteroatoms. The molecule has 1 aromatic rings. The number of hydrogen-bond donors (Lipinski definition) is 2.